The summed E-state index contributed by atoms with van der Waals surface area (Å²) in [7, 11) is 3.43. The molecular weight excluding hydrogens is 306 g/mol. The van der Waals surface area contributed by atoms with Crippen molar-refractivity contribution in [2.75, 3.05) is 20.1 Å². The van der Waals surface area contributed by atoms with E-state index in [0.29, 0.717) is 0 Å². The first kappa shape index (κ1) is 15.9. The average Bonchev–Trinajstić information content (AvgIpc) is 3.10. The van der Waals surface area contributed by atoms with E-state index in [1.54, 1.807) is 25.0 Å². The van der Waals surface area contributed by atoms with E-state index >= 15 is 0 Å². The maximum Gasteiger partial charge on any atom is 0.267 e. The lowest BCUT2D eigenvalue weighted by atomic mass is 9.93. The molecule has 1 aromatic heterocycles. The number of aryl methyl sites for hydroxylation is 1. The van der Waals surface area contributed by atoms with Crippen molar-refractivity contribution in [3.63, 3.8) is 0 Å². The molecule has 0 bridgehead atoms. The molecule has 2 saturated heterocycles. The summed E-state index contributed by atoms with van der Waals surface area (Å²) in [6, 6.07) is -0.446. The Labute approximate surface area is 133 Å². The second kappa shape index (κ2) is 5.28. The van der Waals surface area contributed by atoms with Crippen LogP contribution in [0.5, 0.6) is 0 Å². The van der Waals surface area contributed by atoms with Crippen LogP contribution >= 0.6 is 0 Å². The van der Waals surface area contributed by atoms with Crippen LogP contribution in [0.4, 0.5) is 8.78 Å². The quantitative estimate of drug-likeness (QED) is 0.818. The van der Waals surface area contributed by atoms with Crippen molar-refractivity contribution in [2.24, 2.45) is 13.0 Å². The standard InChI is InChI=1S/C15H20F2N4O2/c1-9-11(7-18-20(9)3)13-10(6-12(22)19(13)2)14(23)21-5-4-15(16,17)8-21/h7,10,13H,4-6,8H2,1-3H3/t10-,13-/m0/s1. The molecule has 2 fully saturated rings. The van der Waals surface area contributed by atoms with Gasteiger partial charge in [0.1, 0.15) is 0 Å². The number of nitrogens with zero attached hydrogens (tertiary/aromatic N) is 4. The summed E-state index contributed by atoms with van der Waals surface area (Å²) in [6.07, 6.45) is 1.39. The van der Waals surface area contributed by atoms with Crippen molar-refractivity contribution in [3.05, 3.63) is 17.5 Å². The maximum absolute atomic E-state index is 13.4. The highest BCUT2D eigenvalue weighted by Crippen LogP contribution is 2.40. The second-order valence-electron chi connectivity index (χ2n) is 6.43. The molecule has 126 valence electrons. The minimum absolute atomic E-state index is 0.0407. The molecule has 2 amide bonds. The third kappa shape index (κ3) is 2.60. The van der Waals surface area contributed by atoms with Gasteiger partial charge in [-0.3, -0.25) is 14.3 Å². The number of aromatic nitrogens is 2. The van der Waals surface area contributed by atoms with Gasteiger partial charge in [0.15, 0.2) is 0 Å². The van der Waals surface area contributed by atoms with Gasteiger partial charge in [-0.15, -0.1) is 0 Å². The molecule has 0 saturated carbocycles. The first-order valence-corrected chi connectivity index (χ1v) is 7.62. The Bertz CT molecular complexity index is 658. The van der Waals surface area contributed by atoms with Crippen LogP contribution in [0.15, 0.2) is 6.20 Å². The van der Waals surface area contributed by atoms with Gasteiger partial charge in [-0.25, -0.2) is 8.78 Å². The van der Waals surface area contributed by atoms with E-state index < -0.39 is 24.4 Å². The summed E-state index contributed by atoms with van der Waals surface area (Å²) in [4.78, 5) is 27.5. The monoisotopic (exact) mass is 326 g/mol. The lowest BCUT2D eigenvalue weighted by molar-refractivity contribution is -0.137. The van der Waals surface area contributed by atoms with Gasteiger partial charge in [-0.05, 0) is 6.92 Å². The lowest BCUT2D eigenvalue weighted by Gasteiger charge is -2.27. The highest BCUT2D eigenvalue weighted by Gasteiger charge is 2.48. The number of carbonyl (C=O) groups is 2. The number of hydrogen-bond acceptors (Lipinski definition) is 3. The van der Waals surface area contributed by atoms with Crippen LogP contribution in [0, 0.1) is 12.8 Å². The third-order valence-corrected chi connectivity index (χ3v) is 4.98. The molecule has 23 heavy (non-hydrogen) atoms. The second-order valence-corrected chi connectivity index (χ2v) is 6.43. The van der Waals surface area contributed by atoms with Gasteiger partial charge >= 0.3 is 0 Å². The Kier molecular flexibility index (Phi) is 3.65. The van der Waals surface area contributed by atoms with Crippen molar-refractivity contribution in [3.8, 4) is 0 Å². The van der Waals surface area contributed by atoms with Crippen molar-refractivity contribution in [1.82, 2.24) is 19.6 Å². The molecule has 6 nitrogen and oxygen atoms in total. The van der Waals surface area contributed by atoms with Crippen LogP contribution in [-0.4, -0.2) is 57.5 Å². The van der Waals surface area contributed by atoms with Crippen LogP contribution in [0.25, 0.3) is 0 Å². The molecule has 3 heterocycles. The van der Waals surface area contributed by atoms with Crippen molar-refractivity contribution >= 4 is 11.8 Å². The fourth-order valence-corrected chi connectivity index (χ4v) is 3.48. The van der Waals surface area contributed by atoms with Crippen molar-refractivity contribution in [2.45, 2.75) is 31.7 Å². The highest BCUT2D eigenvalue weighted by atomic mass is 19.3. The van der Waals surface area contributed by atoms with Crippen LogP contribution in [0.2, 0.25) is 0 Å². The van der Waals surface area contributed by atoms with Gasteiger partial charge in [0.25, 0.3) is 5.92 Å². The van der Waals surface area contributed by atoms with Gasteiger partial charge in [-0.2, -0.15) is 5.10 Å². The van der Waals surface area contributed by atoms with E-state index in [0.717, 1.165) is 11.3 Å². The molecule has 0 spiro atoms. The van der Waals surface area contributed by atoms with Crippen LogP contribution in [-0.2, 0) is 16.6 Å². The number of amides is 2. The molecular formula is C15H20F2N4O2. The first-order valence-electron chi connectivity index (χ1n) is 7.62. The molecule has 0 aliphatic carbocycles. The van der Waals surface area contributed by atoms with Gasteiger partial charge < -0.3 is 9.80 Å². The Balaban J connectivity index is 1.89. The number of alkyl halides is 2. The van der Waals surface area contributed by atoms with Crippen molar-refractivity contribution in [1.29, 1.82) is 0 Å². The zero-order valence-electron chi connectivity index (χ0n) is 13.4. The van der Waals surface area contributed by atoms with Gasteiger partial charge in [0.05, 0.1) is 24.7 Å². The number of rotatable bonds is 2. The summed E-state index contributed by atoms with van der Waals surface area (Å²) in [5.41, 5.74) is 1.66. The zero-order chi connectivity index (χ0) is 16.9. The Morgan fingerprint density at radius 2 is 2.09 bits per heavy atom. The summed E-state index contributed by atoms with van der Waals surface area (Å²) >= 11 is 0. The van der Waals surface area contributed by atoms with Gasteiger partial charge in [-0.1, -0.05) is 0 Å². The molecule has 0 unspecified atom stereocenters. The summed E-state index contributed by atoms with van der Waals surface area (Å²) in [5.74, 6) is -3.98. The van der Waals surface area contributed by atoms with E-state index in [4.69, 9.17) is 0 Å². The van der Waals surface area contributed by atoms with Crippen molar-refractivity contribution < 1.29 is 18.4 Å². The predicted octanol–water partition coefficient (Wildman–Crippen LogP) is 1.12. The van der Waals surface area contributed by atoms with Gasteiger partial charge in [0.2, 0.25) is 11.8 Å². The molecule has 2 aliphatic heterocycles. The molecule has 1 aromatic rings. The van der Waals surface area contributed by atoms with E-state index in [1.807, 2.05) is 6.92 Å². The first-order chi connectivity index (χ1) is 10.7. The maximum atomic E-state index is 13.4. The number of likely N-dealkylation sites (tertiary alicyclic amines) is 2. The van der Waals surface area contributed by atoms with Crippen LogP contribution < -0.4 is 0 Å². The number of halogens is 2. The van der Waals surface area contributed by atoms with Crippen LogP contribution in [0.1, 0.15) is 30.1 Å². The Hall–Kier alpha value is -1.99. The lowest BCUT2D eigenvalue weighted by Crippen LogP contribution is -2.38. The molecule has 2 atom stereocenters. The molecule has 3 rings (SSSR count). The normalized spacial score (nSPS) is 27.1. The minimum Gasteiger partial charge on any atom is -0.338 e. The highest BCUT2D eigenvalue weighted by molar-refractivity contribution is 5.90. The predicted molar refractivity (Wildman–Crippen MR) is 77.7 cm³/mol. The van der Waals surface area contributed by atoms with E-state index in [1.165, 1.54) is 9.80 Å². The Morgan fingerprint density at radius 3 is 2.61 bits per heavy atom. The topological polar surface area (TPSA) is 58.4 Å². The van der Waals surface area contributed by atoms with Gasteiger partial charge in [0, 0.05) is 44.7 Å². The number of hydrogen-bond donors (Lipinski definition) is 0. The van der Waals surface area contributed by atoms with E-state index in [9.17, 15) is 18.4 Å². The summed E-state index contributed by atoms with van der Waals surface area (Å²) in [5, 5.41) is 4.17. The SMILES string of the molecule is Cc1c([C@@H]2[C@@H](C(=O)N3CCC(F)(F)C3)CC(=O)N2C)cnn1C. The minimum atomic E-state index is -2.83. The van der Waals surface area contributed by atoms with Crippen LogP contribution in [0.3, 0.4) is 0 Å². The van der Waals surface area contributed by atoms with E-state index in [-0.39, 0.29) is 31.2 Å². The molecule has 2 aliphatic rings. The third-order valence-electron chi connectivity index (χ3n) is 4.98. The summed E-state index contributed by atoms with van der Waals surface area (Å²) < 4.78 is 28.5. The fourth-order valence-electron chi connectivity index (χ4n) is 3.48. The fraction of sp³-hybridized carbons (Fsp3) is 0.667. The molecule has 8 heteroatoms. The Morgan fingerprint density at radius 1 is 1.39 bits per heavy atom. The molecule has 0 aromatic carbocycles. The average molecular weight is 326 g/mol. The summed E-state index contributed by atoms with van der Waals surface area (Å²) in [6.45, 7) is 1.35. The molecule has 0 radical (unpaired) electrons. The molecule has 0 N–H and O–H groups in total. The zero-order valence-corrected chi connectivity index (χ0v) is 13.4. The smallest absolute Gasteiger partial charge is 0.267 e. The number of carbonyl (C=O) groups excluding carboxylic acids is 2. The van der Waals surface area contributed by atoms with E-state index in [2.05, 4.69) is 5.10 Å². The largest absolute Gasteiger partial charge is 0.338 e.